The number of amides is 1. The Balaban J connectivity index is 1.57. The number of hydrogen-bond acceptors (Lipinski definition) is 5. The van der Waals surface area contributed by atoms with Crippen LogP contribution in [0.15, 0.2) is 24.8 Å². The third-order valence-corrected chi connectivity index (χ3v) is 5.06. The van der Waals surface area contributed by atoms with Gasteiger partial charge in [0, 0.05) is 24.2 Å². The van der Waals surface area contributed by atoms with Crippen molar-refractivity contribution in [3.63, 3.8) is 0 Å². The summed E-state index contributed by atoms with van der Waals surface area (Å²) in [6, 6.07) is 2.24. The van der Waals surface area contributed by atoms with Gasteiger partial charge in [-0.25, -0.2) is 9.97 Å². The zero-order valence-electron chi connectivity index (χ0n) is 13.9. The number of nitrogen functional groups attached to an aromatic ring is 1. The summed E-state index contributed by atoms with van der Waals surface area (Å²) in [5.41, 5.74) is 13.8. The molecule has 0 radical (unpaired) electrons. The zero-order chi connectivity index (χ0) is 17.4. The second-order valence-corrected chi connectivity index (χ2v) is 6.71. The monoisotopic (exact) mass is 339 g/mol. The molecule has 3 aromatic rings. The molecule has 2 atom stereocenters. The van der Waals surface area contributed by atoms with Crippen LogP contribution in [0.25, 0.3) is 22.3 Å². The number of nitrogens with zero attached hydrogens (tertiary/aromatic N) is 4. The lowest BCUT2D eigenvalue weighted by atomic mass is 10.0. The fourth-order valence-corrected chi connectivity index (χ4v) is 3.76. The molecule has 0 aromatic carbocycles. The van der Waals surface area contributed by atoms with Crippen LogP contribution >= 0.6 is 0 Å². The molecule has 1 saturated carbocycles. The van der Waals surface area contributed by atoms with Gasteiger partial charge in [0.15, 0.2) is 5.82 Å². The minimum absolute atomic E-state index is 0.228. The Bertz CT molecular complexity index is 913. The highest BCUT2D eigenvalue weighted by Gasteiger charge is 2.27. The number of hydrogen-bond donors (Lipinski definition) is 3. The van der Waals surface area contributed by atoms with E-state index in [0.717, 1.165) is 48.0 Å². The maximum atomic E-state index is 11.0. The number of aromatic nitrogens is 5. The van der Waals surface area contributed by atoms with Gasteiger partial charge in [0.1, 0.15) is 12.0 Å². The summed E-state index contributed by atoms with van der Waals surface area (Å²) in [6.07, 6.45) is 9.77. The van der Waals surface area contributed by atoms with Crippen LogP contribution < -0.4 is 11.5 Å². The first-order valence-electron chi connectivity index (χ1n) is 8.53. The summed E-state index contributed by atoms with van der Waals surface area (Å²) < 4.78 is 1.95. The Morgan fingerprint density at radius 1 is 1.36 bits per heavy atom. The molecule has 2 unspecified atom stereocenters. The first-order chi connectivity index (χ1) is 12.1. The summed E-state index contributed by atoms with van der Waals surface area (Å²) in [5, 5.41) is 5.45. The van der Waals surface area contributed by atoms with E-state index in [4.69, 9.17) is 11.5 Å². The van der Waals surface area contributed by atoms with E-state index in [1.165, 1.54) is 6.33 Å². The molecule has 8 nitrogen and oxygen atoms in total. The maximum Gasteiger partial charge on any atom is 0.217 e. The predicted molar refractivity (Wildman–Crippen MR) is 94.3 cm³/mol. The van der Waals surface area contributed by atoms with E-state index < -0.39 is 0 Å². The Kier molecular flexibility index (Phi) is 3.87. The molecular weight excluding hydrogens is 318 g/mol. The second-order valence-electron chi connectivity index (χ2n) is 6.71. The lowest BCUT2D eigenvalue weighted by Crippen LogP contribution is -2.12. The molecule has 0 saturated heterocycles. The molecule has 1 fully saturated rings. The van der Waals surface area contributed by atoms with E-state index in [9.17, 15) is 4.79 Å². The van der Waals surface area contributed by atoms with Crippen molar-refractivity contribution in [3.05, 3.63) is 24.8 Å². The van der Waals surface area contributed by atoms with Crippen molar-refractivity contribution in [2.75, 3.05) is 5.73 Å². The lowest BCUT2D eigenvalue weighted by molar-refractivity contribution is -0.118. The highest BCUT2D eigenvalue weighted by atomic mass is 16.1. The van der Waals surface area contributed by atoms with Crippen LogP contribution in [0.2, 0.25) is 0 Å². The molecule has 0 aliphatic heterocycles. The van der Waals surface area contributed by atoms with E-state index in [2.05, 4.69) is 20.1 Å². The fraction of sp³-hybridized carbons (Fsp3) is 0.412. The van der Waals surface area contributed by atoms with Gasteiger partial charge in [-0.3, -0.25) is 9.48 Å². The molecule has 130 valence electrons. The van der Waals surface area contributed by atoms with Crippen molar-refractivity contribution in [1.29, 1.82) is 0 Å². The van der Waals surface area contributed by atoms with E-state index in [-0.39, 0.29) is 5.91 Å². The minimum atomic E-state index is -0.228. The molecule has 0 spiro atoms. The number of nitrogens with two attached hydrogens (primary N) is 2. The number of H-pyrrole nitrogens is 1. The van der Waals surface area contributed by atoms with Crippen molar-refractivity contribution in [2.45, 2.75) is 38.1 Å². The van der Waals surface area contributed by atoms with Crippen molar-refractivity contribution in [3.8, 4) is 11.3 Å². The smallest absolute Gasteiger partial charge is 0.217 e. The zero-order valence-corrected chi connectivity index (χ0v) is 13.9. The maximum absolute atomic E-state index is 11.0. The van der Waals surface area contributed by atoms with Gasteiger partial charge in [0.25, 0.3) is 0 Å². The first kappa shape index (κ1) is 15.6. The van der Waals surface area contributed by atoms with Crippen LogP contribution in [0, 0.1) is 5.92 Å². The van der Waals surface area contributed by atoms with Crippen LogP contribution in [-0.4, -0.2) is 30.6 Å². The highest BCUT2D eigenvalue weighted by Crippen LogP contribution is 2.38. The van der Waals surface area contributed by atoms with Crippen LogP contribution in [0.1, 0.15) is 38.1 Å². The van der Waals surface area contributed by atoms with Gasteiger partial charge in [-0.1, -0.05) is 0 Å². The molecule has 3 heterocycles. The molecule has 5 N–H and O–H groups in total. The predicted octanol–water partition coefficient (Wildman–Crippen LogP) is 2.01. The van der Waals surface area contributed by atoms with Crippen molar-refractivity contribution >= 4 is 22.8 Å². The average molecular weight is 339 g/mol. The normalized spacial score (nSPS) is 20.3. The highest BCUT2D eigenvalue weighted by molar-refractivity contribution is 5.92. The Hall–Kier alpha value is -2.90. The SMILES string of the molecule is NC(=O)CCC1CCC(n2cc(-c3ncnc4[nH]ccc34)c(N)n2)C1. The summed E-state index contributed by atoms with van der Waals surface area (Å²) in [5.74, 6) is 0.761. The molecule has 0 bridgehead atoms. The first-order valence-corrected chi connectivity index (χ1v) is 8.53. The van der Waals surface area contributed by atoms with Gasteiger partial charge >= 0.3 is 0 Å². The van der Waals surface area contributed by atoms with E-state index in [1.807, 2.05) is 23.1 Å². The summed E-state index contributed by atoms with van der Waals surface area (Å²) >= 11 is 0. The topological polar surface area (TPSA) is 128 Å². The number of carbonyl (C=O) groups is 1. The van der Waals surface area contributed by atoms with Gasteiger partial charge in [-0.2, -0.15) is 5.10 Å². The minimum Gasteiger partial charge on any atom is -0.382 e. The quantitative estimate of drug-likeness (QED) is 0.655. The molecule has 8 heteroatoms. The van der Waals surface area contributed by atoms with Gasteiger partial charge < -0.3 is 16.5 Å². The Morgan fingerprint density at radius 2 is 2.24 bits per heavy atom. The molecular formula is C17H21N7O. The standard InChI is InChI=1S/C17H21N7O/c18-14(25)4-2-10-1-3-11(7-10)24-8-13(16(19)23-24)15-12-5-6-20-17(12)22-9-21-15/h5-6,8-11H,1-4,7H2,(H2,18,25)(H2,19,23)(H,20,21,22). The number of carbonyl (C=O) groups excluding carboxylic acids is 1. The Morgan fingerprint density at radius 3 is 3.08 bits per heavy atom. The van der Waals surface area contributed by atoms with E-state index in [1.54, 1.807) is 0 Å². The number of anilines is 1. The fourth-order valence-electron chi connectivity index (χ4n) is 3.76. The van der Waals surface area contributed by atoms with E-state index in [0.29, 0.717) is 24.2 Å². The van der Waals surface area contributed by atoms with Gasteiger partial charge in [-0.05, 0) is 37.7 Å². The molecule has 1 aliphatic carbocycles. The number of aromatic amines is 1. The molecule has 1 aliphatic rings. The average Bonchev–Trinajstić information content (AvgIpc) is 3.31. The third-order valence-electron chi connectivity index (χ3n) is 5.06. The second kappa shape index (κ2) is 6.19. The molecule has 25 heavy (non-hydrogen) atoms. The Labute approximate surface area is 144 Å². The summed E-state index contributed by atoms with van der Waals surface area (Å²) in [6.45, 7) is 0. The lowest BCUT2D eigenvalue weighted by Gasteiger charge is -2.11. The van der Waals surface area contributed by atoms with Crippen molar-refractivity contribution in [2.24, 2.45) is 11.7 Å². The summed E-state index contributed by atoms with van der Waals surface area (Å²) in [4.78, 5) is 22.7. The number of nitrogens with one attached hydrogen (secondary N) is 1. The number of rotatable bonds is 5. The van der Waals surface area contributed by atoms with Crippen LogP contribution in [0.3, 0.4) is 0 Å². The number of primary amides is 1. The largest absolute Gasteiger partial charge is 0.382 e. The van der Waals surface area contributed by atoms with Crippen LogP contribution in [-0.2, 0) is 4.79 Å². The third kappa shape index (κ3) is 2.95. The van der Waals surface area contributed by atoms with E-state index >= 15 is 0 Å². The van der Waals surface area contributed by atoms with Gasteiger partial charge in [0.2, 0.25) is 5.91 Å². The molecule has 4 rings (SSSR count). The van der Waals surface area contributed by atoms with Crippen LogP contribution in [0.4, 0.5) is 5.82 Å². The van der Waals surface area contributed by atoms with Crippen LogP contribution in [0.5, 0.6) is 0 Å². The molecule has 1 amide bonds. The van der Waals surface area contributed by atoms with Gasteiger partial charge in [0.05, 0.1) is 17.3 Å². The van der Waals surface area contributed by atoms with Crippen molar-refractivity contribution < 1.29 is 4.79 Å². The van der Waals surface area contributed by atoms with Crippen molar-refractivity contribution in [1.82, 2.24) is 24.7 Å². The summed E-state index contributed by atoms with van der Waals surface area (Å²) in [7, 11) is 0. The number of fused-ring (bicyclic) bond motifs is 1. The van der Waals surface area contributed by atoms with Gasteiger partial charge in [-0.15, -0.1) is 0 Å². The molecule has 3 aromatic heterocycles.